The number of aliphatic imine (C=N–C) groups is 2. The summed E-state index contributed by atoms with van der Waals surface area (Å²) in [6.45, 7) is 6.15. The number of dihydropyridines is 1. The lowest BCUT2D eigenvalue weighted by atomic mass is 9.96. The number of fused-ring (bicyclic) bond motifs is 1. The van der Waals surface area contributed by atoms with Crippen molar-refractivity contribution < 1.29 is 5.11 Å². The number of hydrogen-bond donors (Lipinski definition) is 2. The second-order valence-electron chi connectivity index (χ2n) is 6.12. The molecule has 0 amide bonds. The fourth-order valence-corrected chi connectivity index (χ4v) is 2.30. The Morgan fingerprint density at radius 1 is 1.30 bits per heavy atom. The number of rotatable bonds is 1. The Bertz CT molecular complexity index is 643. The molecular weight excluding hydrogens is 252 g/mol. The SMILES string of the molecule is CC(C)(C)c1nc(O)c(C=C2C=NC3N=CC=CC23)[nH]1. The summed E-state index contributed by atoms with van der Waals surface area (Å²) >= 11 is 0. The average molecular weight is 270 g/mol. The molecule has 2 aliphatic rings. The quantitative estimate of drug-likeness (QED) is 0.822. The molecule has 0 aliphatic carbocycles. The van der Waals surface area contributed by atoms with Crippen LogP contribution in [-0.2, 0) is 5.41 Å². The first-order valence-electron chi connectivity index (χ1n) is 6.69. The Kier molecular flexibility index (Phi) is 2.85. The fourth-order valence-electron chi connectivity index (χ4n) is 2.30. The number of nitrogens with zero attached hydrogens (tertiary/aromatic N) is 3. The summed E-state index contributed by atoms with van der Waals surface area (Å²) < 4.78 is 0. The summed E-state index contributed by atoms with van der Waals surface area (Å²) in [4.78, 5) is 16.0. The van der Waals surface area contributed by atoms with E-state index in [4.69, 9.17) is 0 Å². The highest BCUT2D eigenvalue weighted by Crippen LogP contribution is 2.31. The van der Waals surface area contributed by atoms with Gasteiger partial charge in [-0.15, -0.1) is 0 Å². The van der Waals surface area contributed by atoms with E-state index in [1.54, 1.807) is 6.21 Å². The second-order valence-corrected chi connectivity index (χ2v) is 6.12. The normalized spacial score (nSPS) is 26.4. The number of imidazole rings is 1. The Morgan fingerprint density at radius 2 is 2.10 bits per heavy atom. The van der Waals surface area contributed by atoms with E-state index in [1.165, 1.54) is 0 Å². The molecule has 1 aromatic rings. The largest absolute Gasteiger partial charge is 0.492 e. The van der Waals surface area contributed by atoms with Gasteiger partial charge in [-0.2, -0.15) is 4.98 Å². The third-order valence-corrected chi connectivity index (χ3v) is 3.46. The molecule has 5 nitrogen and oxygen atoms in total. The van der Waals surface area contributed by atoms with Crippen molar-refractivity contribution in [3.63, 3.8) is 0 Å². The first-order valence-corrected chi connectivity index (χ1v) is 6.69. The van der Waals surface area contributed by atoms with Crippen molar-refractivity contribution in [2.24, 2.45) is 15.9 Å². The van der Waals surface area contributed by atoms with Crippen molar-refractivity contribution in [1.82, 2.24) is 9.97 Å². The molecule has 0 saturated heterocycles. The molecule has 2 atom stereocenters. The highest BCUT2D eigenvalue weighted by Gasteiger charge is 2.27. The second kappa shape index (κ2) is 4.44. The summed E-state index contributed by atoms with van der Waals surface area (Å²) in [5.41, 5.74) is 1.53. The maximum Gasteiger partial charge on any atom is 0.237 e. The van der Waals surface area contributed by atoms with E-state index in [0.29, 0.717) is 5.69 Å². The molecule has 0 spiro atoms. The predicted molar refractivity (Wildman–Crippen MR) is 80.3 cm³/mol. The monoisotopic (exact) mass is 270 g/mol. The number of aromatic nitrogens is 2. The van der Waals surface area contributed by atoms with E-state index in [9.17, 15) is 5.11 Å². The zero-order valence-electron chi connectivity index (χ0n) is 11.8. The summed E-state index contributed by atoms with van der Waals surface area (Å²) in [6.07, 6.45) is 9.44. The number of H-pyrrole nitrogens is 1. The van der Waals surface area contributed by atoms with E-state index in [-0.39, 0.29) is 23.4 Å². The highest BCUT2D eigenvalue weighted by atomic mass is 16.3. The molecule has 5 heteroatoms. The summed E-state index contributed by atoms with van der Waals surface area (Å²) in [5, 5.41) is 9.97. The molecule has 20 heavy (non-hydrogen) atoms. The molecule has 2 N–H and O–H groups in total. The minimum absolute atomic E-state index is 0.0302. The van der Waals surface area contributed by atoms with Crippen molar-refractivity contribution in [2.75, 3.05) is 0 Å². The first kappa shape index (κ1) is 12.8. The van der Waals surface area contributed by atoms with E-state index in [0.717, 1.165) is 11.4 Å². The Labute approximate surface area is 117 Å². The molecule has 2 unspecified atom stereocenters. The maximum atomic E-state index is 9.97. The van der Waals surface area contributed by atoms with Crippen LogP contribution >= 0.6 is 0 Å². The van der Waals surface area contributed by atoms with Crippen molar-refractivity contribution in [3.05, 3.63) is 29.2 Å². The van der Waals surface area contributed by atoms with Crippen LogP contribution in [0.2, 0.25) is 0 Å². The third kappa shape index (κ3) is 2.19. The van der Waals surface area contributed by atoms with Gasteiger partial charge in [0.05, 0.1) is 0 Å². The van der Waals surface area contributed by atoms with Crippen LogP contribution in [-0.4, -0.2) is 33.7 Å². The van der Waals surface area contributed by atoms with Gasteiger partial charge in [-0.1, -0.05) is 26.8 Å². The zero-order valence-corrected chi connectivity index (χ0v) is 11.8. The highest BCUT2D eigenvalue weighted by molar-refractivity contribution is 5.90. The summed E-state index contributed by atoms with van der Waals surface area (Å²) in [7, 11) is 0. The third-order valence-electron chi connectivity index (χ3n) is 3.46. The molecule has 2 aliphatic heterocycles. The van der Waals surface area contributed by atoms with Crippen LogP contribution in [0.25, 0.3) is 6.08 Å². The zero-order chi connectivity index (χ0) is 14.3. The van der Waals surface area contributed by atoms with Gasteiger partial charge >= 0.3 is 0 Å². The van der Waals surface area contributed by atoms with Gasteiger partial charge in [0.2, 0.25) is 5.88 Å². The maximum absolute atomic E-state index is 9.97. The van der Waals surface area contributed by atoms with Crippen molar-refractivity contribution in [2.45, 2.75) is 32.4 Å². The first-order chi connectivity index (χ1) is 9.45. The fraction of sp³-hybridized carbons (Fsp3) is 0.400. The average Bonchev–Trinajstić information content (AvgIpc) is 2.95. The molecule has 0 saturated carbocycles. The van der Waals surface area contributed by atoms with Crippen LogP contribution in [0.15, 0.2) is 27.7 Å². The minimum Gasteiger partial charge on any atom is -0.492 e. The molecule has 3 rings (SSSR count). The van der Waals surface area contributed by atoms with E-state index >= 15 is 0 Å². The standard InChI is InChI=1S/C15H18N4O/c1-15(2,3)14-18-11(13(20)19-14)7-9-8-17-12-10(9)5-4-6-16-12/h4-8,10,12,20H,1-3H3,(H,18,19). The van der Waals surface area contributed by atoms with Gasteiger partial charge in [0, 0.05) is 23.8 Å². The van der Waals surface area contributed by atoms with Gasteiger partial charge in [0.1, 0.15) is 17.7 Å². The smallest absolute Gasteiger partial charge is 0.237 e. The molecular formula is C15H18N4O. The van der Waals surface area contributed by atoms with Gasteiger partial charge in [-0.3, -0.25) is 9.98 Å². The van der Waals surface area contributed by atoms with Crippen molar-refractivity contribution in [3.8, 4) is 5.88 Å². The van der Waals surface area contributed by atoms with E-state index < -0.39 is 0 Å². The van der Waals surface area contributed by atoms with Gasteiger partial charge < -0.3 is 10.1 Å². The number of aromatic amines is 1. The molecule has 0 aromatic carbocycles. The lowest BCUT2D eigenvalue weighted by Crippen LogP contribution is -2.14. The van der Waals surface area contributed by atoms with Crippen LogP contribution < -0.4 is 0 Å². The van der Waals surface area contributed by atoms with Crippen LogP contribution in [0.3, 0.4) is 0 Å². The Morgan fingerprint density at radius 3 is 2.80 bits per heavy atom. The summed E-state index contributed by atoms with van der Waals surface area (Å²) in [5.74, 6) is 0.953. The number of nitrogens with one attached hydrogen (secondary N) is 1. The Balaban J connectivity index is 1.93. The van der Waals surface area contributed by atoms with Gasteiger partial charge in [-0.05, 0) is 17.7 Å². The summed E-state index contributed by atoms with van der Waals surface area (Å²) in [6, 6.07) is 0. The topological polar surface area (TPSA) is 73.6 Å². The van der Waals surface area contributed by atoms with Crippen molar-refractivity contribution in [1.29, 1.82) is 0 Å². The van der Waals surface area contributed by atoms with E-state index in [1.807, 2.05) is 39.1 Å². The Hall–Kier alpha value is -2.17. The molecule has 0 bridgehead atoms. The van der Waals surface area contributed by atoms with Crippen molar-refractivity contribution >= 4 is 18.5 Å². The molecule has 104 valence electrons. The van der Waals surface area contributed by atoms with Crippen LogP contribution in [0.1, 0.15) is 32.3 Å². The van der Waals surface area contributed by atoms with E-state index in [2.05, 4.69) is 26.0 Å². The minimum atomic E-state index is -0.129. The van der Waals surface area contributed by atoms with Crippen LogP contribution in [0, 0.1) is 5.92 Å². The molecule has 3 heterocycles. The van der Waals surface area contributed by atoms with Gasteiger partial charge in [0.15, 0.2) is 0 Å². The van der Waals surface area contributed by atoms with Crippen LogP contribution in [0.5, 0.6) is 5.88 Å². The van der Waals surface area contributed by atoms with Gasteiger partial charge in [0.25, 0.3) is 0 Å². The lowest BCUT2D eigenvalue weighted by molar-refractivity contribution is 0.449. The predicted octanol–water partition coefficient (Wildman–Crippen LogP) is 2.46. The number of aromatic hydroxyl groups is 1. The van der Waals surface area contributed by atoms with Crippen LogP contribution in [0.4, 0.5) is 0 Å². The molecule has 0 radical (unpaired) electrons. The molecule has 0 fully saturated rings. The lowest BCUT2D eigenvalue weighted by Gasteiger charge is -2.14. The van der Waals surface area contributed by atoms with Gasteiger partial charge in [-0.25, -0.2) is 0 Å². The molecule has 1 aromatic heterocycles. The number of hydrogen-bond acceptors (Lipinski definition) is 4. The number of allylic oxidation sites excluding steroid dienone is 1.